The summed E-state index contributed by atoms with van der Waals surface area (Å²) < 4.78 is 29.5. The molecule has 2 aromatic carbocycles. The van der Waals surface area contributed by atoms with Crippen LogP contribution in [0.15, 0.2) is 42.5 Å². The summed E-state index contributed by atoms with van der Waals surface area (Å²) >= 11 is 0. The molecule has 0 unspecified atom stereocenters. The van der Waals surface area contributed by atoms with Gasteiger partial charge in [-0.2, -0.15) is 0 Å². The fraction of sp³-hybridized carbons (Fsp3) is 0.409. The molecule has 1 fully saturated rings. The van der Waals surface area contributed by atoms with Crippen LogP contribution in [-0.2, 0) is 20.0 Å². The maximum Gasteiger partial charge on any atom is 0.129 e. The Balaban J connectivity index is 1.54. The van der Waals surface area contributed by atoms with Gasteiger partial charge in [-0.25, -0.2) is 13.8 Å². The van der Waals surface area contributed by atoms with Gasteiger partial charge in [-0.1, -0.05) is 18.2 Å². The van der Waals surface area contributed by atoms with Crippen LogP contribution in [0.5, 0.6) is 0 Å². The van der Waals surface area contributed by atoms with E-state index in [1.807, 2.05) is 25.2 Å². The highest BCUT2D eigenvalue weighted by Gasteiger charge is 2.36. The van der Waals surface area contributed by atoms with E-state index in [1.54, 1.807) is 0 Å². The second kappa shape index (κ2) is 7.60. The number of hydrogen-bond acceptors (Lipinski definition) is 3. The fourth-order valence-corrected chi connectivity index (χ4v) is 4.38. The summed E-state index contributed by atoms with van der Waals surface area (Å²) in [5.41, 5.74) is 2.09. The molecule has 4 rings (SSSR count). The van der Waals surface area contributed by atoms with Gasteiger partial charge in [-0.05, 0) is 49.6 Å². The largest absolute Gasteiger partial charge is 0.396 e. The SMILES string of the molecule is Cn1c(CN2CCC[C@](CO)(Cc3ccc(F)cc3F)C2)nc2ccccc21. The number of benzene rings is 2. The van der Waals surface area contributed by atoms with Crippen LogP contribution in [0.2, 0.25) is 0 Å². The number of aliphatic hydroxyl groups excluding tert-OH is 1. The minimum atomic E-state index is -0.577. The zero-order valence-corrected chi connectivity index (χ0v) is 16.0. The van der Waals surface area contributed by atoms with Crippen molar-refractivity contribution in [2.24, 2.45) is 12.5 Å². The molecule has 0 bridgehead atoms. The lowest BCUT2D eigenvalue weighted by Gasteiger charge is -2.42. The predicted octanol–water partition coefficient (Wildman–Crippen LogP) is 3.67. The van der Waals surface area contributed by atoms with E-state index in [4.69, 9.17) is 4.98 Å². The molecule has 1 atom stereocenters. The summed E-state index contributed by atoms with van der Waals surface area (Å²) in [5.74, 6) is -0.144. The molecule has 0 aliphatic carbocycles. The molecule has 0 saturated carbocycles. The Hall–Kier alpha value is -2.31. The van der Waals surface area contributed by atoms with Crippen LogP contribution >= 0.6 is 0 Å². The normalized spacial score (nSPS) is 20.7. The summed E-state index contributed by atoms with van der Waals surface area (Å²) in [6.07, 6.45) is 2.14. The van der Waals surface area contributed by atoms with E-state index in [2.05, 4.69) is 15.5 Å². The first kappa shape index (κ1) is 19.0. The first-order valence-electron chi connectivity index (χ1n) is 9.67. The van der Waals surface area contributed by atoms with Crippen LogP contribution in [0.25, 0.3) is 11.0 Å². The summed E-state index contributed by atoms with van der Waals surface area (Å²) in [6, 6.07) is 11.7. The molecule has 28 heavy (non-hydrogen) atoms. The zero-order chi connectivity index (χ0) is 19.7. The smallest absolute Gasteiger partial charge is 0.129 e. The maximum absolute atomic E-state index is 14.2. The van der Waals surface area contributed by atoms with Gasteiger partial charge in [0, 0.05) is 25.1 Å². The number of aliphatic hydroxyl groups is 1. The van der Waals surface area contributed by atoms with Crippen LogP contribution in [0.3, 0.4) is 0 Å². The van der Waals surface area contributed by atoms with Gasteiger partial charge < -0.3 is 9.67 Å². The van der Waals surface area contributed by atoms with E-state index in [1.165, 1.54) is 12.1 Å². The maximum atomic E-state index is 14.2. The van der Waals surface area contributed by atoms with Crippen molar-refractivity contribution < 1.29 is 13.9 Å². The molecule has 0 amide bonds. The standard InChI is InChI=1S/C22H25F2N3O/c1-26-20-6-3-2-5-19(20)25-21(26)13-27-10-4-9-22(14-27,15-28)12-16-7-8-17(23)11-18(16)24/h2-3,5-8,11,28H,4,9-10,12-15H2,1H3/t22-/m0/s1. The summed E-state index contributed by atoms with van der Waals surface area (Å²) in [4.78, 5) is 7.03. The van der Waals surface area contributed by atoms with Crippen LogP contribution < -0.4 is 0 Å². The molecular formula is C22H25F2N3O. The van der Waals surface area contributed by atoms with E-state index in [0.29, 0.717) is 25.1 Å². The van der Waals surface area contributed by atoms with Crippen LogP contribution in [0.4, 0.5) is 8.78 Å². The Labute approximate surface area is 163 Å². The molecule has 2 heterocycles. The van der Waals surface area contributed by atoms with Gasteiger partial charge in [0.05, 0.1) is 24.2 Å². The molecule has 3 aromatic rings. The lowest BCUT2D eigenvalue weighted by molar-refractivity contribution is 0.0269. The average molecular weight is 385 g/mol. The van der Waals surface area contributed by atoms with E-state index in [9.17, 15) is 13.9 Å². The van der Waals surface area contributed by atoms with Crippen molar-refractivity contribution in [1.82, 2.24) is 14.5 Å². The third kappa shape index (κ3) is 3.66. The lowest BCUT2D eigenvalue weighted by Crippen LogP contribution is -2.46. The zero-order valence-electron chi connectivity index (χ0n) is 16.0. The minimum Gasteiger partial charge on any atom is -0.396 e. The van der Waals surface area contributed by atoms with Crippen molar-refractivity contribution in [3.05, 3.63) is 65.5 Å². The fourth-order valence-electron chi connectivity index (χ4n) is 4.38. The van der Waals surface area contributed by atoms with E-state index in [-0.39, 0.29) is 6.61 Å². The van der Waals surface area contributed by atoms with Crippen LogP contribution in [0.1, 0.15) is 24.2 Å². The van der Waals surface area contributed by atoms with Gasteiger partial charge in [0.1, 0.15) is 17.5 Å². The number of para-hydroxylation sites is 2. The Morgan fingerprint density at radius 3 is 2.75 bits per heavy atom. The monoisotopic (exact) mass is 385 g/mol. The summed E-state index contributed by atoms with van der Waals surface area (Å²) in [7, 11) is 2.02. The van der Waals surface area contributed by atoms with Crippen molar-refractivity contribution in [2.45, 2.75) is 25.8 Å². The molecule has 1 saturated heterocycles. The first-order chi connectivity index (χ1) is 13.5. The number of halogens is 2. The molecule has 0 spiro atoms. The number of aromatic nitrogens is 2. The predicted molar refractivity (Wildman–Crippen MR) is 105 cm³/mol. The molecular weight excluding hydrogens is 360 g/mol. The highest BCUT2D eigenvalue weighted by molar-refractivity contribution is 5.75. The van der Waals surface area contributed by atoms with Gasteiger partial charge in [0.15, 0.2) is 0 Å². The molecule has 0 radical (unpaired) electrons. The van der Waals surface area contributed by atoms with Crippen molar-refractivity contribution in [3.63, 3.8) is 0 Å². The second-order valence-electron chi connectivity index (χ2n) is 7.96. The Morgan fingerprint density at radius 1 is 1.18 bits per heavy atom. The van der Waals surface area contributed by atoms with Crippen LogP contribution in [0, 0.1) is 17.0 Å². The third-order valence-electron chi connectivity index (χ3n) is 5.90. The number of likely N-dealkylation sites (tertiary alicyclic amines) is 1. The van der Waals surface area contributed by atoms with Gasteiger partial charge in [-0.3, -0.25) is 4.90 Å². The molecule has 148 valence electrons. The number of nitrogens with zero attached hydrogens (tertiary/aromatic N) is 3. The number of imidazole rings is 1. The average Bonchev–Trinajstić information content (AvgIpc) is 3.00. The lowest BCUT2D eigenvalue weighted by atomic mass is 9.75. The van der Waals surface area contributed by atoms with Crippen molar-refractivity contribution in [3.8, 4) is 0 Å². The van der Waals surface area contributed by atoms with Crippen molar-refractivity contribution in [2.75, 3.05) is 19.7 Å². The summed E-state index contributed by atoms with van der Waals surface area (Å²) in [5, 5.41) is 10.2. The van der Waals surface area contributed by atoms with E-state index >= 15 is 0 Å². The highest BCUT2D eigenvalue weighted by atomic mass is 19.1. The van der Waals surface area contributed by atoms with Crippen molar-refractivity contribution >= 4 is 11.0 Å². The molecule has 1 aliphatic rings. The number of aryl methyl sites for hydroxylation is 1. The number of rotatable bonds is 5. The first-order valence-corrected chi connectivity index (χ1v) is 9.67. The van der Waals surface area contributed by atoms with Crippen LogP contribution in [-0.4, -0.2) is 39.3 Å². The Bertz CT molecular complexity index is 987. The van der Waals surface area contributed by atoms with E-state index in [0.717, 1.165) is 42.3 Å². The second-order valence-corrected chi connectivity index (χ2v) is 7.96. The number of piperidine rings is 1. The Morgan fingerprint density at radius 2 is 2.00 bits per heavy atom. The molecule has 1 aromatic heterocycles. The number of fused-ring (bicyclic) bond motifs is 1. The number of hydrogen-bond donors (Lipinski definition) is 1. The Kier molecular flexibility index (Phi) is 5.17. The minimum absolute atomic E-state index is 0.0249. The van der Waals surface area contributed by atoms with Gasteiger partial charge in [-0.15, -0.1) is 0 Å². The molecule has 1 aliphatic heterocycles. The van der Waals surface area contributed by atoms with Crippen molar-refractivity contribution in [1.29, 1.82) is 0 Å². The quantitative estimate of drug-likeness (QED) is 0.729. The molecule has 1 N–H and O–H groups in total. The third-order valence-corrected chi connectivity index (χ3v) is 5.90. The van der Waals surface area contributed by atoms with E-state index < -0.39 is 17.0 Å². The highest BCUT2D eigenvalue weighted by Crippen LogP contribution is 2.35. The topological polar surface area (TPSA) is 41.3 Å². The van der Waals surface area contributed by atoms with Gasteiger partial charge >= 0.3 is 0 Å². The molecule has 6 heteroatoms. The molecule has 4 nitrogen and oxygen atoms in total. The van der Waals surface area contributed by atoms with Gasteiger partial charge in [0.25, 0.3) is 0 Å². The summed E-state index contributed by atoms with van der Waals surface area (Å²) in [6.45, 7) is 2.22. The van der Waals surface area contributed by atoms with Gasteiger partial charge in [0.2, 0.25) is 0 Å².